The minimum Gasteiger partial charge on any atom is -0.394 e. The van der Waals surface area contributed by atoms with Crippen molar-refractivity contribution in [3.8, 4) is 0 Å². The van der Waals surface area contributed by atoms with Crippen LogP contribution in [0.3, 0.4) is 0 Å². The minimum atomic E-state index is -5.13. The first kappa shape index (κ1) is 17.1. The second-order valence-electron chi connectivity index (χ2n) is 3.51. The van der Waals surface area contributed by atoms with Crippen molar-refractivity contribution >= 4 is 5.91 Å². The number of hydrogen-bond acceptors (Lipinski definition) is 6. The molecule has 10 heteroatoms. The third-order valence-corrected chi connectivity index (χ3v) is 2.05. The van der Waals surface area contributed by atoms with Crippen LogP contribution < -0.4 is 5.32 Å². The molecule has 0 saturated carbocycles. The highest BCUT2D eigenvalue weighted by Crippen LogP contribution is 2.14. The molecule has 0 aromatic rings. The standard InChI is InChI=1S/C8H14F3NO6/c9-8(10,11)7(18)12-1-3(14)5(16)6(17)4(15)2-13/h3-6,13-17H,1-2H2,(H,12,18)/t3-,4-,5-,6-/m1/s1. The molecule has 0 rings (SSSR count). The number of hydrogen-bond donors (Lipinski definition) is 6. The minimum absolute atomic E-state index is 0.917. The Bertz CT molecular complexity index is 274. The van der Waals surface area contributed by atoms with Crippen molar-refractivity contribution in [1.29, 1.82) is 0 Å². The number of rotatable bonds is 6. The van der Waals surface area contributed by atoms with Crippen molar-refractivity contribution in [1.82, 2.24) is 5.32 Å². The normalized spacial score (nSPS) is 18.9. The summed E-state index contributed by atoms with van der Waals surface area (Å²) in [7, 11) is 0. The van der Waals surface area contributed by atoms with Crippen molar-refractivity contribution in [2.24, 2.45) is 0 Å². The van der Waals surface area contributed by atoms with Crippen LogP contribution >= 0.6 is 0 Å². The van der Waals surface area contributed by atoms with Gasteiger partial charge >= 0.3 is 12.1 Å². The second kappa shape index (κ2) is 6.85. The molecule has 108 valence electrons. The summed E-state index contributed by atoms with van der Waals surface area (Å²) < 4.78 is 35.3. The monoisotopic (exact) mass is 277 g/mol. The van der Waals surface area contributed by atoms with Crippen LogP contribution in [0.2, 0.25) is 0 Å². The molecular formula is C8H14F3NO6. The smallest absolute Gasteiger partial charge is 0.394 e. The van der Waals surface area contributed by atoms with Crippen LogP contribution in [0.4, 0.5) is 13.2 Å². The summed E-state index contributed by atoms with van der Waals surface area (Å²) in [6.07, 6.45) is -12.8. The Hall–Kier alpha value is -0.940. The molecule has 0 aromatic heterocycles. The Kier molecular flexibility index (Phi) is 6.49. The SMILES string of the molecule is O=C(NC[C@@H](O)[C@@H](O)[C@H](O)[C@H](O)CO)C(F)(F)F. The fraction of sp³-hybridized carbons (Fsp3) is 0.875. The van der Waals surface area contributed by atoms with E-state index in [-0.39, 0.29) is 0 Å². The van der Waals surface area contributed by atoms with Crippen molar-refractivity contribution < 1.29 is 43.5 Å². The summed E-state index contributed by atoms with van der Waals surface area (Å²) in [5.41, 5.74) is 0. The number of alkyl halides is 3. The van der Waals surface area contributed by atoms with E-state index < -0.39 is 49.7 Å². The first-order valence-electron chi connectivity index (χ1n) is 4.79. The van der Waals surface area contributed by atoms with Crippen molar-refractivity contribution in [2.75, 3.05) is 13.2 Å². The second-order valence-corrected chi connectivity index (χ2v) is 3.51. The number of nitrogens with one attached hydrogen (secondary N) is 1. The lowest BCUT2D eigenvalue weighted by atomic mass is 10.0. The van der Waals surface area contributed by atoms with Gasteiger partial charge in [-0.3, -0.25) is 4.79 Å². The van der Waals surface area contributed by atoms with Gasteiger partial charge in [0.1, 0.15) is 18.3 Å². The number of carbonyl (C=O) groups excluding carboxylic acids is 1. The molecule has 0 unspecified atom stereocenters. The fourth-order valence-electron chi connectivity index (χ4n) is 0.981. The lowest BCUT2D eigenvalue weighted by Gasteiger charge is -2.25. The molecule has 1 amide bonds. The van der Waals surface area contributed by atoms with Crippen molar-refractivity contribution in [2.45, 2.75) is 30.6 Å². The van der Waals surface area contributed by atoms with E-state index >= 15 is 0 Å². The summed E-state index contributed by atoms with van der Waals surface area (Å²) in [6, 6.07) is 0. The van der Waals surface area contributed by atoms with Gasteiger partial charge in [0.15, 0.2) is 0 Å². The van der Waals surface area contributed by atoms with E-state index in [1.807, 2.05) is 0 Å². The van der Waals surface area contributed by atoms with E-state index in [1.54, 1.807) is 0 Å². The van der Waals surface area contributed by atoms with Gasteiger partial charge in [-0.2, -0.15) is 13.2 Å². The fourth-order valence-corrected chi connectivity index (χ4v) is 0.981. The van der Waals surface area contributed by atoms with Gasteiger partial charge in [-0.1, -0.05) is 0 Å². The number of amides is 1. The number of halogens is 3. The highest BCUT2D eigenvalue weighted by Gasteiger charge is 2.39. The summed E-state index contributed by atoms with van der Waals surface area (Å²) in [4.78, 5) is 10.4. The van der Waals surface area contributed by atoms with E-state index in [1.165, 1.54) is 5.32 Å². The van der Waals surface area contributed by atoms with Gasteiger partial charge in [0, 0.05) is 6.54 Å². The van der Waals surface area contributed by atoms with E-state index in [0.717, 1.165) is 0 Å². The maximum atomic E-state index is 11.8. The Morgan fingerprint density at radius 2 is 1.50 bits per heavy atom. The largest absolute Gasteiger partial charge is 0.471 e. The van der Waals surface area contributed by atoms with Crippen LogP contribution in [-0.4, -0.2) is 75.2 Å². The first-order chi connectivity index (χ1) is 8.11. The molecule has 7 nitrogen and oxygen atoms in total. The lowest BCUT2D eigenvalue weighted by Crippen LogP contribution is -2.51. The number of aliphatic hydroxyl groups excluding tert-OH is 5. The molecule has 0 spiro atoms. The lowest BCUT2D eigenvalue weighted by molar-refractivity contribution is -0.174. The zero-order valence-electron chi connectivity index (χ0n) is 9.00. The van der Waals surface area contributed by atoms with Gasteiger partial charge in [0.25, 0.3) is 0 Å². The Balaban J connectivity index is 4.25. The van der Waals surface area contributed by atoms with Crippen molar-refractivity contribution in [3.63, 3.8) is 0 Å². The predicted molar refractivity (Wildman–Crippen MR) is 50.2 cm³/mol. The summed E-state index contributed by atoms with van der Waals surface area (Å²) >= 11 is 0. The molecule has 4 atom stereocenters. The quantitative estimate of drug-likeness (QED) is 0.309. The molecule has 0 heterocycles. The zero-order chi connectivity index (χ0) is 14.5. The molecule has 0 fully saturated rings. The van der Waals surface area contributed by atoms with Crippen LogP contribution in [0.25, 0.3) is 0 Å². The predicted octanol–water partition coefficient (Wildman–Crippen LogP) is -2.90. The van der Waals surface area contributed by atoms with E-state index in [4.69, 9.17) is 20.4 Å². The number of carbonyl (C=O) groups is 1. The van der Waals surface area contributed by atoms with Crippen LogP contribution in [0.5, 0.6) is 0 Å². The third-order valence-electron chi connectivity index (χ3n) is 2.05. The average molecular weight is 277 g/mol. The highest BCUT2D eigenvalue weighted by atomic mass is 19.4. The van der Waals surface area contributed by atoms with Gasteiger partial charge in [0.05, 0.1) is 12.7 Å². The third kappa shape index (κ3) is 5.14. The molecule has 0 aliphatic carbocycles. The molecule has 0 bridgehead atoms. The summed E-state index contributed by atoms with van der Waals surface area (Å²) in [5, 5.41) is 46.1. The Morgan fingerprint density at radius 3 is 1.89 bits per heavy atom. The van der Waals surface area contributed by atoms with Gasteiger partial charge in [-0.25, -0.2) is 0 Å². The Morgan fingerprint density at radius 1 is 1.06 bits per heavy atom. The maximum absolute atomic E-state index is 11.8. The van der Waals surface area contributed by atoms with Gasteiger partial charge in [-0.05, 0) is 0 Å². The molecule has 0 aromatic carbocycles. The number of aliphatic hydroxyl groups is 5. The Labute approximate surface area is 99.5 Å². The van der Waals surface area contributed by atoms with Crippen LogP contribution in [0, 0.1) is 0 Å². The van der Waals surface area contributed by atoms with Crippen LogP contribution in [0.1, 0.15) is 0 Å². The molecule has 18 heavy (non-hydrogen) atoms. The zero-order valence-corrected chi connectivity index (χ0v) is 9.00. The van der Waals surface area contributed by atoms with E-state index in [0.29, 0.717) is 0 Å². The summed E-state index contributed by atoms with van der Waals surface area (Å²) in [6.45, 7) is -1.89. The van der Waals surface area contributed by atoms with E-state index in [9.17, 15) is 23.1 Å². The van der Waals surface area contributed by atoms with E-state index in [2.05, 4.69) is 0 Å². The topological polar surface area (TPSA) is 130 Å². The molecular weight excluding hydrogens is 263 g/mol. The van der Waals surface area contributed by atoms with Gasteiger partial charge < -0.3 is 30.8 Å². The highest BCUT2D eigenvalue weighted by molar-refractivity contribution is 5.81. The maximum Gasteiger partial charge on any atom is 0.471 e. The molecule has 0 radical (unpaired) electrons. The van der Waals surface area contributed by atoms with Crippen LogP contribution in [-0.2, 0) is 4.79 Å². The molecule has 0 saturated heterocycles. The molecule has 0 aliphatic rings. The average Bonchev–Trinajstić information content (AvgIpc) is 2.31. The van der Waals surface area contributed by atoms with Crippen LogP contribution in [0.15, 0.2) is 0 Å². The van der Waals surface area contributed by atoms with Crippen molar-refractivity contribution in [3.05, 3.63) is 0 Å². The first-order valence-corrected chi connectivity index (χ1v) is 4.79. The van der Waals surface area contributed by atoms with Gasteiger partial charge in [0.2, 0.25) is 0 Å². The summed E-state index contributed by atoms with van der Waals surface area (Å²) in [5.74, 6) is -2.31. The molecule has 6 N–H and O–H groups in total. The molecule has 0 aliphatic heterocycles. The van der Waals surface area contributed by atoms with Gasteiger partial charge in [-0.15, -0.1) is 0 Å².